The third kappa shape index (κ3) is 4.80. The highest BCUT2D eigenvalue weighted by Gasteiger charge is 2.69. The number of fused-ring (bicyclic) bond motifs is 2. The van der Waals surface area contributed by atoms with Crippen molar-refractivity contribution >= 4 is 34.4 Å². The highest BCUT2D eigenvalue weighted by atomic mass is 16.5. The number of carbonyl (C=O) groups excluding carboxylic acids is 4. The number of nitrogens with zero attached hydrogens (tertiary/aromatic N) is 3. The zero-order chi connectivity index (χ0) is 28.2. The van der Waals surface area contributed by atoms with Gasteiger partial charge in [0.25, 0.3) is 0 Å². The van der Waals surface area contributed by atoms with Crippen molar-refractivity contribution < 1.29 is 23.9 Å². The van der Waals surface area contributed by atoms with E-state index < -0.39 is 29.9 Å². The summed E-state index contributed by atoms with van der Waals surface area (Å²) in [6, 6.07) is 4.60. The molecular weight excluding hydrogens is 512 g/mol. The van der Waals surface area contributed by atoms with Crippen molar-refractivity contribution in [1.82, 2.24) is 25.7 Å². The van der Waals surface area contributed by atoms with Gasteiger partial charge in [-0.3, -0.25) is 19.2 Å². The summed E-state index contributed by atoms with van der Waals surface area (Å²) in [4.78, 5) is 55.1. The van der Waals surface area contributed by atoms with Crippen LogP contribution in [0.1, 0.15) is 51.3 Å². The van der Waals surface area contributed by atoms with Crippen LogP contribution in [-0.2, 0) is 23.9 Å². The quantitative estimate of drug-likeness (QED) is 0.423. The molecule has 1 aromatic heterocycles. The first-order valence-corrected chi connectivity index (χ1v) is 14.2. The molecule has 0 spiro atoms. The molecule has 2 aliphatic carbocycles. The highest BCUT2D eigenvalue weighted by molar-refractivity contribution is 5.97. The molecule has 2 aromatic rings. The van der Waals surface area contributed by atoms with Crippen LogP contribution in [-0.4, -0.2) is 70.6 Å². The summed E-state index contributed by atoms with van der Waals surface area (Å²) in [5.41, 5.74) is 5.90. The minimum Gasteiger partial charge on any atom is -0.381 e. The fraction of sp³-hybridized carbons (Fsp3) is 0.586. The lowest BCUT2D eigenvalue weighted by atomic mass is 9.98. The number of hydrogen-bond acceptors (Lipinski definition) is 7. The Labute approximate surface area is 232 Å². The Morgan fingerprint density at radius 3 is 2.60 bits per heavy atom. The Morgan fingerprint density at radius 2 is 1.90 bits per heavy atom. The molecule has 2 saturated heterocycles. The van der Waals surface area contributed by atoms with Gasteiger partial charge >= 0.3 is 0 Å². The number of nitrogens with one attached hydrogen (secondary N) is 2. The Balaban J connectivity index is 1.25. The Kier molecular flexibility index (Phi) is 6.72. The predicted octanol–water partition coefficient (Wildman–Crippen LogP) is 1.08. The summed E-state index contributed by atoms with van der Waals surface area (Å²) in [7, 11) is 0. The van der Waals surface area contributed by atoms with Gasteiger partial charge in [-0.05, 0) is 36.0 Å². The van der Waals surface area contributed by atoms with Crippen LogP contribution in [0.5, 0.6) is 0 Å². The van der Waals surface area contributed by atoms with E-state index >= 15 is 0 Å². The summed E-state index contributed by atoms with van der Waals surface area (Å²) >= 11 is 0. The summed E-state index contributed by atoms with van der Waals surface area (Å²) in [6.45, 7) is 5.50. The van der Waals surface area contributed by atoms with Gasteiger partial charge in [-0.1, -0.05) is 51.0 Å². The van der Waals surface area contributed by atoms with Crippen LogP contribution in [0.15, 0.2) is 30.5 Å². The second-order valence-electron chi connectivity index (χ2n) is 12.4. The minimum absolute atomic E-state index is 0.0657. The lowest BCUT2D eigenvalue weighted by Crippen LogP contribution is -2.57. The van der Waals surface area contributed by atoms with Crippen molar-refractivity contribution in [3.8, 4) is 0 Å². The van der Waals surface area contributed by atoms with E-state index in [4.69, 9.17) is 10.5 Å². The van der Waals surface area contributed by atoms with Gasteiger partial charge < -0.3 is 26.0 Å². The second-order valence-corrected chi connectivity index (χ2v) is 12.4. The van der Waals surface area contributed by atoms with E-state index in [9.17, 15) is 19.2 Å². The van der Waals surface area contributed by atoms with Crippen molar-refractivity contribution in [2.45, 2.75) is 57.7 Å². The lowest BCUT2D eigenvalue weighted by molar-refractivity contribution is -0.144. The smallest absolute Gasteiger partial charge is 0.246 e. The van der Waals surface area contributed by atoms with E-state index in [0.717, 1.165) is 18.2 Å². The number of carbonyl (C=O) groups is 4. The molecule has 1 unspecified atom stereocenters. The van der Waals surface area contributed by atoms with Crippen LogP contribution in [0, 0.1) is 29.1 Å². The van der Waals surface area contributed by atoms with Gasteiger partial charge in [0.1, 0.15) is 17.8 Å². The molecular formula is C29H36N6O5. The molecule has 0 radical (unpaired) electrons. The van der Waals surface area contributed by atoms with E-state index in [1.165, 1.54) is 0 Å². The molecule has 4 fully saturated rings. The monoisotopic (exact) mass is 548 g/mol. The molecule has 4 amide bonds. The normalized spacial score (nSPS) is 28.0. The maximum atomic E-state index is 14.0. The molecule has 11 heteroatoms. The Hall–Kier alpha value is -3.60. The fourth-order valence-corrected chi connectivity index (χ4v) is 6.72. The highest BCUT2D eigenvalue weighted by Crippen LogP contribution is 2.65. The van der Waals surface area contributed by atoms with Crippen LogP contribution in [0.4, 0.5) is 0 Å². The van der Waals surface area contributed by atoms with E-state index in [2.05, 4.69) is 34.7 Å². The predicted molar refractivity (Wildman–Crippen MR) is 144 cm³/mol. The molecule has 212 valence electrons. The molecule has 6 rings (SSSR count). The first-order valence-electron chi connectivity index (χ1n) is 14.2. The van der Waals surface area contributed by atoms with Crippen LogP contribution in [0.2, 0.25) is 0 Å². The van der Waals surface area contributed by atoms with Crippen LogP contribution in [0.3, 0.4) is 0 Å². The molecule has 2 saturated carbocycles. The number of ether oxygens (including phenoxy) is 1. The maximum Gasteiger partial charge on any atom is 0.246 e. The molecule has 3 heterocycles. The van der Waals surface area contributed by atoms with Gasteiger partial charge in [-0.2, -0.15) is 10.2 Å². The molecule has 2 aliphatic heterocycles. The van der Waals surface area contributed by atoms with Gasteiger partial charge in [0.15, 0.2) is 6.04 Å². The van der Waals surface area contributed by atoms with Crippen molar-refractivity contribution in [3.63, 3.8) is 0 Å². The van der Waals surface area contributed by atoms with E-state index in [1.54, 1.807) is 17.2 Å². The zero-order valence-electron chi connectivity index (χ0n) is 22.8. The number of amides is 4. The number of benzene rings is 1. The topological polar surface area (TPSA) is 157 Å². The summed E-state index contributed by atoms with van der Waals surface area (Å²) < 4.78 is 5.37. The van der Waals surface area contributed by atoms with Gasteiger partial charge in [0, 0.05) is 23.9 Å². The molecule has 1 aromatic carbocycles. The van der Waals surface area contributed by atoms with Gasteiger partial charge in [0.2, 0.25) is 23.6 Å². The number of aromatic nitrogens is 2. The minimum atomic E-state index is -1.21. The molecule has 4 aliphatic rings. The number of hydrogen-bond donors (Lipinski definition) is 3. The zero-order valence-corrected chi connectivity index (χ0v) is 22.8. The van der Waals surface area contributed by atoms with Gasteiger partial charge in [0.05, 0.1) is 18.7 Å². The Morgan fingerprint density at radius 1 is 1.12 bits per heavy atom. The maximum absolute atomic E-state index is 14.0. The van der Waals surface area contributed by atoms with Crippen molar-refractivity contribution in [3.05, 3.63) is 36.2 Å². The number of likely N-dealkylation sites (tertiary alicyclic amines) is 1. The molecule has 40 heavy (non-hydrogen) atoms. The fourth-order valence-electron chi connectivity index (χ4n) is 6.72. The van der Waals surface area contributed by atoms with Crippen LogP contribution < -0.4 is 16.4 Å². The molecule has 4 N–H and O–H groups in total. The van der Waals surface area contributed by atoms with Crippen molar-refractivity contribution in [2.75, 3.05) is 19.8 Å². The molecule has 6 atom stereocenters. The van der Waals surface area contributed by atoms with E-state index in [0.29, 0.717) is 43.9 Å². The Bertz CT molecular complexity index is 1350. The first kappa shape index (κ1) is 26.6. The van der Waals surface area contributed by atoms with Gasteiger partial charge in [-0.15, -0.1) is 0 Å². The van der Waals surface area contributed by atoms with Crippen LogP contribution in [0.25, 0.3) is 10.8 Å². The number of piperidine rings is 1. The summed E-state index contributed by atoms with van der Waals surface area (Å²) in [5, 5.41) is 15.4. The van der Waals surface area contributed by atoms with Crippen LogP contribution >= 0.6 is 0 Å². The second kappa shape index (κ2) is 10.1. The van der Waals surface area contributed by atoms with E-state index in [1.807, 2.05) is 18.2 Å². The third-order valence-electron chi connectivity index (χ3n) is 9.38. The lowest BCUT2D eigenvalue weighted by Gasteiger charge is -2.34. The van der Waals surface area contributed by atoms with Gasteiger partial charge in [-0.25, -0.2) is 0 Å². The average molecular weight is 549 g/mol. The summed E-state index contributed by atoms with van der Waals surface area (Å²) in [5.74, 6) is -1.43. The molecule has 0 bridgehead atoms. The SMILES string of the molecule is CC1(C)[C@@H]2[C@@H](C(=O)NC(C(N)=O)c3nncc4ccccc34)N(C(=O)[C@H](CC3CC3)NC(=O)[C@@H]3CCOC3)C[C@@H]21. The summed E-state index contributed by atoms with van der Waals surface area (Å²) in [6.07, 6.45) is 4.83. The first-order chi connectivity index (χ1) is 19.2. The average Bonchev–Trinajstić information content (AvgIpc) is 3.63. The molecule has 11 nitrogen and oxygen atoms in total. The largest absolute Gasteiger partial charge is 0.381 e. The number of nitrogens with two attached hydrogens (primary N) is 1. The van der Waals surface area contributed by atoms with E-state index in [-0.39, 0.29) is 40.7 Å². The third-order valence-corrected chi connectivity index (χ3v) is 9.38. The standard InChI is InChI=1S/C29H36N6O5/c1-29(2)19-13-35(28(39)20(11-15-7-8-15)32-26(37)17-9-10-40-14-17)24(21(19)29)27(38)33-23(25(30)36)22-18-6-4-3-5-16(18)12-31-34-22/h3-6,12,15,17,19-21,23-24H,7-11,13-14H2,1-2H3,(H2,30,36)(H,32,37)(H,33,38)/t17-,19+,20+,21+,23?,24+/m1/s1. The van der Waals surface area contributed by atoms with Crippen molar-refractivity contribution in [1.29, 1.82) is 0 Å². The number of rotatable bonds is 9. The number of primary amides is 1. The van der Waals surface area contributed by atoms with Crippen molar-refractivity contribution in [2.24, 2.45) is 34.8 Å².